The molecule has 0 fully saturated rings. The molecule has 1 unspecified atom stereocenters. The minimum absolute atomic E-state index is 0.106. The molecule has 1 nitrogen and oxygen atoms in total. The molecule has 0 aliphatic heterocycles. The third-order valence-corrected chi connectivity index (χ3v) is 3.86. The zero-order chi connectivity index (χ0) is 11.6. The molecule has 15 heavy (non-hydrogen) atoms. The topological polar surface area (TPSA) is 17.1 Å². The second kappa shape index (κ2) is 4.34. The van der Waals surface area contributed by atoms with E-state index >= 15 is 0 Å². The highest BCUT2D eigenvalue weighted by Crippen LogP contribution is 2.47. The Morgan fingerprint density at radius 2 is 2.33 bits per heavy atom. The summed E-state index contributed by atoms with van der Waals surface area (Å²) in [7, 11) is 0. The molecule has 0 aromatic carbocycles. The van der Waals surface area contributed by atoms with Gasteiger partial charge in [-0.3, -0.25) is 0 Å². The monoisotopic (exact) mass is 206 g/mol. The average Bonchev–Trinajstić information content (AvgIpc) is 2.41. The lowest BCUT2D eigenvalue weighted by Crippen LogP contribution is -2.22. The Morgan fingerprint density at radius 1 is 1.73 bits per heavy atom. The maximum Gasteiger partial charge on any atom is 0.123 e. The Labute approximate surface area is 93.3 Å². The van der Waals surface area contributed by atoms with Crippen molar-refractivity contribution in [1.82, 2.24) is 0 Å². The molecule has 0 saturated carbocycles. The molecule has 0 bridgehead atoms. The van der Waals surface area contributed by atoms with Crippen molar-refractivity contribution in [3.63, 3.8) is 0 Å². The molecule has 1 aliphatic rings. The van der Waals surface area contributed by atoms with Crippen LogP contribution in [0.2, 0.25) is 0 Å². The van der Waals surface area contributed by atoms with Crippen molar-refractivity contribution in [3.8, 4) is 0 Å². The largest absolute Gasteiger partial charge is 0.303 e. The van der Waals surface area contributed by atoms with Crippen LogP contribution in [0, 0.1) is 17.3 Å². The third-order valence-electron chi connectivity index (χ3n) is 3.86. The quantitative estimate of drug-likeness (QED) is 0.505. The lowest BCUT2D eigenvalue weighted by Gasteiger charge is -2.31. The first-order chi connectivity index (χ1) is 6.89. The van der Waals surface area contributed by atoms with Crippen molar-refractivity contribution in [3.05, 3.63) is 23.8 Å². The minimum Gasteiger partial charge on any atom is -0.303 e. The van der Waals surface area contributed by atoms with Crippen LogP contribution in [0.25, 0.3) is 0 Å². The highest BCUT2D eigenvalue weighted by Gasteiger charge is 2.36. The standard InChI is InChI=1S/C14H22O/c1-10(9-15)8-11(2)13-7-6-12(3)14(13,4)5/h6,9-10,13H,2,7-8H2,1,3-5H3/t10-,13?/m0/s1. The van der Waals surface area contributed by atoms with Gasteiger partial charge < -0.3 is 4.79 Å². The van der Waals surface area contributed by atoms with Crippen LogP contribution >= 0.6 is 0 Å². The number of carbonyl (C=O) groups is 1. The molecule has 0 amide bonds. The summed E-state index contributed by atoms with van der Waals surface area (Å²) in [5.41, 5.74) is 2.90. The van der Waals surface area contributed by atoms with Gasteiger partial charge in [-0.2, -0.15) is 0 Å². The first kappa shape index (κ1) is 12.2. The predicted octanol–water partition coefficient (Wildman–Crippen LogP) is 3.76. The summed E-state index contributed by atoms with van der Waals surface area (Å²) in [6.07, 6.45) is 5.25. The third kappa shape index (κ3) is 2.39. The molecule has 2 atom stereocenters. The van der Waals surface area contributed by atoms with Gasteiger partial charge in [0.15, 0.2) is 0 Å². The van der Waals surface area contributed by atoms with E-state index in [2.05, 4.69) is 33.4 Å². The van der Waals surface area contributed by atoms with Crippen molar-refractivity contribution in [2.45, 2.75) is 40.5 Å². The summed E-state index contributed by atoms with van der Waals surface area (Å²) in [4.78, 5) is 10.6. The van der Waals surface area contributed by atoms with E-state index in [1.165, 1.54) is 11.1 Å². The molecule has 1 aliphatic carbocycles. The molecule has 84 valence electrons. The van der Waals surface area contributed by atoms with Gasteiger partial charge in [0.05, 0.1) is 0 Å². The van der Waals surface area contributed by atoms with Gasteiger partial charge in [-0.05, 0) is 31.1 Å². The van der Waals surface area contributed by atoms with Crippen LogP contribution in [0.4, 0.5) is 0 Å². The van der Waals surface area contributed by atoms with Crippen molar-refractivity contribution >= 4 is 6.29 Å². The van der Waals surface area contributed by atoms with E-state index in [1.807, 2.05) is 6.92 Å². The molecular formula is C14H22O. The van der Waals surface area contributed by atoms with E-state index < -0.39 is 0 Å². The number of hydrogen-bond acceptors (Lipinski definition) is 1. The van der Waals surface area contributed by atoms with Gasteiger partial charge in [-0.15, -0.1) is 0 Å². The normalized spacial score (nSPS) is 25.9. The molecule has 1 heteroatoms. The fourth-order valence-electron chi connectivity index (χ4n) is 2.41. The molecule has 0 aromatic heterocycles. The zero-order valence-corrected chi connectivity index (χ0v) is 10.3. The number of hydrogen-bond donors (Lipinski definition) is 0. The van der Waals surface area contributed by atoms with Gasteiger partial charge in [0.2, 0.25) is 0 Å². The molecule has 0 heterocycles. The number of allylic oxidation sites excluding steroid dienone is 3. The zero-order valence-electron chi connectivity index (χ0n) is 10.3. The first-order valence-electron chi connectivity index (χ1n) is 5.69. The van der Waals surface area contributed by atoms with Crippen LogP contribution < -0.4 is 0 Å². The molecule has 1 rings (SSSR count). The fourth-order valence-corrected chi connectivity index (χ4v) is 2.41. The van der Waals surface area contributed by atoms with Crippen LogP contribution in [0.1, 0.15) is 40.5 Å². The number of rotatable bonds is 4. The van der Waals surface area contributed by atoms with Crippen molar-refractivity contribution in [2.24, 2.45) is 17.3 Å². The number of carbonyl (C=O) groups excluding carboxylic acids is 1. The second-order valence-electron chi connectivity index (χ2n) is 5.37. The van der Waals surface area contributed by atoms with Gasteiger partial charge in [0.1, 0.15) is 6.29 Å². The highest BCUT2D eigenvalue weighted by atomic mass is 16.1. The Balaban J connectivity index is 2.68. The minimum atomic E-state index is 0.106. The summed E-state index contributed by atoms with van der Waals surface area (Å²) in [5.74, 6) is 0.620. The van der Waals surface area contributed by atoms with Crippen LogP contribution in [0.15, 0.2) is 23.8 Å². The molecule has 0 saturated heterocycles. The van der Waals surface area contributed by atoms with Crippen molar-refractivity contribution < 1.29 is 4.79 Å². The molecule has 0 aromatic rings. The maximum atomic E-state index is 10.6. The van der Waals surface area contributed by atoms with Gasteiger partial charge >= 0.3 is 0 Å². The van der Waals surface area contributed by atoms with Crippen LogP contribution in [0.5, 0.6) is 0 Å². The smallest absolute Gasteiger partial charge is 0.123 e. The molecule has 0 radical (unpaired) electrons. The van der Waals surface area contributed by atoms with Crippen LogP contribution in [-0.4, -0.2) is 6.29 Å². The summed E-state index contributed by atoms with van der Waals surface area (Å²) in [5, 5.41) is 0. The fraction of sp³-hybridized carbons (Fsp3) is 0.643. The van der Waals surface area contributed by atoms with E-state index in [1.54, 1.807) is 0 Å². The van der Waals surface area contributed by atoms with Crippen LogP contribution in [-0.2, 0) is 4.79 Å². The average molecular weight is 206 g/mol. The van der Waals surface area contributed by atoms with Gasteiger partial charge in [0, 0.05) is 5.92 Å². The summed E-state index contributed by atoms with van der Waals surface area (Å²) >= 11 is 0. The molecular weight excluding hydrogens is 184 g/mol. The van der Waals surface area contributed by atoms with E-state index in [0.29, 0.717) is 5.92 Å². The van der Waals surface area contributed by atoms with E-state index in [4.69, 9.17) is 0 Å². The Morgan fingerprint density at radius 3 is 2.73 bits per heavy atom. The van der Waals surface area contributed by atoms with Crippen LogP contribution in [0.3, 0.4) is 0 Å². The van der Waals surface area contributed by atoms with Gasteiger partial charge in [-0.25, -0.2) is 0 Å². The highest BCUT2D eigenvalue weighted by molar-refractivity contribution is 5.53. The summed E-state index contributed by atoms with van der Waals surface area (Å²) in [6.45, 7) is 12.9. The summed E-state index contributed by atoms with van der Waals surface area (Å²) < 4.78 is 0. The Bertz CT molecular complexity index is 296. The van der Waals surface area contributed by atoms with E-state index in [-0.39, 0.29) is 11.3 Å². The Kier molecular flexibility index (Phi) is 3.54. The summed E-state index contributed by atoms with van der Waals surface area (Å²) in [6, 6.07) is 0. The number of aldehydes is 1. The molecule has 0 spiro atoms. The van der Waals surface area contributed by atoms with E-state index in [9.17, 15) is 4.79 Å². The second-order valence-corrected chi connectivity index (χ2v) is 5.37. The van der Waals surface area contributed by atoms with Gasteiger partial charge in [-0.1, -0.05) is 44.6 Å². The van der Waals surface area contributed by atoms with Crippen molar-refractivity contribution in [1.29, 1.82) is 0 Å². The molecule has 0 N–H and O–H groups in total. The Hall–Kier alpha value is -0.850. The van der Waals surface area contributed by atoms with Crippen molar-refractivity contribution in [2.75, 3.05) is 0 Å². The first-order valence-corrected chi connectivity index (χ1v) is 5.69. The maximum absolute atomic E-state index is 10.6. The van der Waals surface area contributed by atoms with Gasteiger partial charge in [0.25, 0.3) is 0 Å². The lowest BCUT2D eigenvalue weighted by molar-refractivity contribution is -0.110. The van der Waals surface area contributed by atoms with E-state index in [0.717, 1.165) is 19.1 Å². The lowest BCUT2D eigenvalue weighted by atomic mass is 9.73. The SMILES string of the molecule is C=C(C[C@H](C)C=O)C1CC=C(C)C1(C)C. The predicted molar refractivity (Wildman–Crippen MR) is 64.6 cm³/mol.